The van der Waals surface area contributed by atoms with Crippen molar-refractivity contribution in [2.75, 3.05) is 0 Å². The van der Waals surface area contributed by atoms with Gasteiger partial charge in [0.15, 0.2) is 0 Å². The Morgan fingerprint density at radius 3 is 1.13 bits per heavy atom. The van der Waals surface area contributed by atoms with Crippen LogP contribution in [-0.2, 0) is 23.3 Å². The molecular formula is C56H42Cl2O2SiZr-4. The van der Waals surface area contributed by atoms with Crippen molar-refractivity contribution in [3.05, 3.63) is 222 Å². The number of hydrogen-bond acceptors (Lipinski definition) is 2. The van der Waals surface area contributed by atoms with Crippen LogP contribution in [0.25, 0.3) is 110 Å². The van der Waals surface area contributed by atoms with Gasteiger partial charge in [-0.05, 0) is 79.5 Å². The first-order valence-corrected chi connectivity index (χ1v) is 23.5. The Morgan fingerprint density at radius 1 is 0.371 bits per heavy atom. The van der Waals surface area contributed by atoms with Crippen LogP contribution in [0.5, 0.6) is 0 Å². The van der Waals surface area contributed by atoms with E-state index in [4.69, 9.17) is 8.83 Å². The average Bonchev–Trinajstić information content (AvgIpc) is 4.14. The number of furan rings is 2. The van der Waals surface area contributed by atoms with Gasteiger partial charge in [0, 0.05) is 11.1 Å². The second-order valence-corrected chi connectivity index (χ2v) is 14.5. The molecule has 0 bridgehead atoms. The Balaban J connectivity index is 0.000000187. The zero-order chi connectivity index (χ0) is 39.0. The Labute approximate surface area is 391 Å². The van der Waals surface area contributed by atoms with Gasteiger partial charge in [0.25, 0.3) is 0 Å². The van der Waals surface area contributed by atoms with Crippen LogP contribution >= 0.6 is 24.8 Å². The van der Waals surface area contributed by atoms with E-state index in [1.165, 1.54) is 110 Å². The second kappa shape index (κ2) is 20.0. The molecule has 0 aliphatic carbocycles. The quantitative estimate of drug-likeness (QED) is 0.0998. The normalized spacial score (nSPS) is 10.5. The van der Waals surface area contributed by atoms with Crippen molar-refractivity contribution in [2.45, 2.75) is 0 Å². The Bertz CT molecular complexity index is 3100. The van der Waals surface area contributed by atoms with Gasteiger partial charge in [-0.3, -0.25) is 0 Å². The largest absolute Gasteiger partial charge is 0.464 e. The van der Waals surface area contributed by atoms with Crippen molar-refractivity contribution in [2.24, 2.45) is 0 Å². The number of benzene rings is 8. The van der Waals surface area contributed by atoms with Gasteiger partial charge in [0.1, 0.15) is 11.5 Å². The first kappa shape index (κ1) is 45.8. The van der Waals surface area contributed by atoms with Crippen molar-refractivity contribution < 1.29 is 32.2 Å². The molecule has 62 heavy (non-hydrogen) atoms. The van der Waals surface area contributed by atoms with Crippen molar-refractivity contribution in [3.8, 4) is 44.9 Å². The summed E-state index contributed by atoms with van der Waals surface area (Å²) in [6.07, 6.45) is 3.47. The van der Waals surface area contributed by atoms with E-state index in [0.29, 0.717) is 0 Å². The van der Waals surface area contributed by atoms with Crippen LogP contribution < -0.4 is 0 Å². The number of rotatable bonds is 4. The van der Waals surface area contributed by atoms with Crippen molar-refractivity contribution in [1.29, 1.82) is 0 Å². The molecule has 0 saturated carbocycles. The molecule has 2 heterocycles. The molecule has 0 aliphatic heterocycles. The van der Waals surface area contributed by atoms with E-state index in [-0.39, 0.29) is 39.7 Å². The third kappa shape index (κ3) is 8.54. The van der Waals surface area contributed by atoms with Gasteiger partial charge in [-0.2, -0.15) is 0 Å². The molecule has 2 nitrogen and oxygen atoms in total. The fourth-order valence-electron chi connectivity index (χ4n) is 8.53. The summed E-state index contributed by atoms with van der Waals surface area (Å²) in [5.74, 6) is 1.79. The average molecular weight is 937 g/mol. The molecule has 10 aromatic carbocycles. The van der Waals surface area contributed by atoms with Gasteiger partial charge in [0.2, 0.25) is 0 Å². The van der Waals surface area contributed by atoms with Crippen molar-refractivity contribution in [1.82, 2.24) is 0 Å². The van der Waals surface area contributed by atoms with Crippen LogP contribution in [0.1, 0.15) is 0 Å². The van der Waals surface area contributed by atoms with E-state index in [0.717, 1.165) is 22.6 Å². The third-order valence-corrected chi connectivity index (χ3v) is 11.2. The maximum absolute atomic E-state index is 5.71. The molecule has 0 atom stereocenters. The summed E-state index contributed by atoms with van der Waals surface area (Å²) in [5.41, 5.74) is 7.20. The monoisotopic (exact) mass is 934 g/mol. The zero-order valence-corrected chi connectivity index (χ0v) is 39.4. The molecule has 0 N–H and O–H groups in total. The molecule has 0 fully saturated rings. The molecule has 0 aliphatic rings. The summed E-state index contributed by atoms with van der Waals surface area (Å²) in [4.78, 5) is 0. The minimum absolute atomic E-state index is 0. The number of fused-ring (bicyclic) bond motifs is 8. The topological polar surface area (TPSA) is 26.3 Å². The van der Waals surface area contributed by atoms with E-state index >= 15 is 0 Å². The fourth-order valence-corrected chi connectivity index (χ4v) is 8.53. The molecule has 0 spiro atoms. The molecule has 0 amide bonds. The molecule has 2 aromatic heterocycles. The summed E-state index contributed by atoms with van der Waals surface area (Å²) in [6.45, 7) is 3.06. The van der Waals surface area contributed by atoms with Gasteiger partial charge in [0.05, 0.1) is 12.5 Å². The maximum Gasteiger partial charge on any atom is 0.133 e. The molecule has 6 heteroatoms. The summed E-state index contributed by atoms with van der Waals surface area (Å²) >= 11 is 1.36. The third-order valence-electron chi connectivity index (χ3n) is 11.2. The van der Waals surface area contributed by atoms with Crippen LogP contribution in [0.4, 0.5) is 0 Å². The van der Waals surface area contributed by atoms with Crippen LogP contribution in [0.15, 0.2) is 215 Å². The molecular weight excluding hydrogens is 895 g/mol. The predicted octanol–water partition coefficient (Wildman–Crippen LogP) is 16.9. The first-order valence-electron chi connectivity index (χ1n) is 19.3. The molecule has 12 aromatic rings. The second-order valence-electron chi connectivity index (χ2n) is 14.5. The van der Waals surface area contributed by atoms with E-state index in [1.807, 2.05) is 24.3 Å². The Hall–Kier alpha value is -5.74. The summed E-state index contributed by atoms with van der Waals surface area (Å²) in [6, 6.07) is 69.2. The zero-order valence-electron chi connectivity index (χ0n) is 34.3. The van der Waals surface area contributed by atoms with Gasteiger partial charge in [-0.1, -0.05) is 132 Å². The number of halogens is 2. The van der Waals surface area contributed by atoms with E-state index in [2.05, 4.69) is 177 Å². The number of hydrogen-bond donors (Lipinski definition) is 0. The molecule has 2 radical (unpaired) electrons. The van der Waals surface area contributed by atoms with E-state index in [9.17, 15) is 0 Å². The van der Waals surface area contributed by atoms with Gasteiger partial charge >= 0.3 is 30.2 Å². The van der Waals surface area contributed by atoms with Crippen molar-refractivity contribution in [3.63, 3.8) is 0 Å². The summed E-state index contributed by atoms with van der Waals surface area (Å²) in [7, 11) is 0. The van der Waals surface area contributed by atoms with Gasteiger partial charge in [-0.15, -0.1) is 93.9 Å². The Kier molecular flexibility index (Phi) is 14.7. The summed E-state index contributed by atoms with van der Waals surface area (Å²) < 4.78 is 11.4. The summed E-state index contributed by atoms with van der Waals surface area (Å²) in [5, 5.41) is 15.2. The van der Waals surface area contributed by atoms with Crippen LogP contribution in [0.3, 0.4) is 0 Å². The minimum Gasteiger partial charge on any atom is -0.464 e. The van der Waals surface area contributed by atoms with Gasteiger partial charge < -0.3 is 23.7 Å². The van der Waals surface area contributed by atoms with Crippen LogP contribution in [0, 0.1) is 14.9 Å². The van der Waals surface area contributed by atoms with Crippen LogP contribution in [-0.4, -0.2) is 6.88 Å². The van der Waals surface area contributed by atoms with Crippen molar-refractivity contribution >= 4 is 96.3 Å². The van der Waals surface area contributed by atoms with Gasteiger partial charge in [-0.25, -0.2) is 0 Å². The maximum atomic E-state index is 5.71. The minimum atomic E-state index is 0. The molecule has 12 rings (SSSR count). The van der Waals surface area contributed by atoms with E-state index in [1.54, 1.807) is 12.5 Å². The van der Waals surface area contributed by atoms with Crippen LogP contribution in [0.2, 0.25) is 0 Å². The predicted molar refractivity (Wildman–Crippen MR) is 268 cm³/mol. The SMILES string of the molecule is Cl.Cl.[CH3-].[CH3-].[Si]=[Zr].c1coc(-c2cc(-c3cc4ccccc4[cH-]3)c3c(ccc4ccccc43)c2)c1.c1coc(-c2cc(-c3cc4ccccc4[cH-]3)c3c(ccc4ccccc43)c2)c1. The Morgan fingerprint density at radius 2 is 0.742 bits per heavy atom. The van der Waals surface area contributed by atoms with E-state index < -0.39 is 0 Å². The molecule has 304 valence electrons. The fraction of sp³-hybridized carbons (Fsp3) is 0. The molecule has 0 saturated heterocycles. The standard InChI is InChI=1S/2C27H17O.2CH3.2ClH.Si.Zr/c2*1-2-8-20-15-22(14-19(20)7-1)25-17-23(26-10-5-13-28-26)16-21-12-11-18-6-3-4-9-24(18)27(21)25;;;;;;/h2*1-17H;2*1H3;2*1H;;/q4*-1;;;;. The smallest absolute Gasteiger partial charge is 0.133 e. The molecule has 0 unspecified atom stereocenters. The first-order chi connectivity index (χ1) is 28.7.